The van der Waals surface area contributed by atoms with E-state index in [4.69, 9.17) is 0 Å². The Bertz CT molecular complexity index is 329. The molecule has 1 N–H and O–H groups in total. The monoisotopic (exact) mass is 222 g/mol. The first-order valence-corrected chi connectivity index (χ1v) is 6.30. The van der Waals surface area contributed by atoms with E-state index in [-0.39, 0.29) is 5.41 Å². The third-order valence-corrected chi connectivity index (χ3v) is 4.18. The third kappa shape index (κ3) is 2.15. The van der Waals surface area contributed by atoms with Crippen LogP contribution < -0.4 is 0 Å². The fraction of sp³-hybridized carbons (Fsp3) is 0.538. The van der Waals surface area contributed by atoms with Crippen LogP contribution in [0.25, 0.3) is 0 Å². The van der Waals surface area contributed by atoms with Crippen molar-refractivity contribution in [3.63, 3.8) is 0 Å². The van der Waals surface area contributed by atoms with Gasteiger partial charge in [-0.15, -0.1) is 0 Å². The molecule has 1 nitrogen and oxygen atoms in total. The van der Waals surface area contributed by atoms with E-state index < -0.39 is 0 Å². The Labute approximate surface area is 96.9 Å². The van der Waals surface area contributed by atoms with Crippen molar-refractivity contribution >= 4 is 12.6 Å². The lowest BCUT2D eigenvalue weighted by atomic mass is 9.71. The molecule has 15 heavy (non-hydrogen) atoms. The van der Waals surface area contributed by atoms with Gasteiger partial charge >= 0.3 is 0 Å². The Balaban J connectivity index is 2.32. The number of phenols is 1. The van der Waals surface area contributed by atoms with Gasteiger partial charge in [0.15, 0.2) is 0 Å². The molecule has 2 rings (SSSR count). The lowest BCUT2D eigenvalue weighted by Gasteiger charge is -2.36. The van der Waals surface area contributed by atoms with Crippen molar-refractivity contribution in [3.8, 4) is 5.75 Å². The smallest absolute Gasteiger partial charge is 0.115 e. The van der Waals surface area contributed by atoms with Crippen LogP contribution in [0.1, 0.15) is 37.7 Å². The Morgan fingerprint density at radius 2 is 1.93 bits per heavy atom. The molecular formula is C13H18OS. The SMILES string of the molecule is Oc1cccc(C2(CS)CCCCC2)c1. The highest BCUT2D eigenvalue weighted by Crippen LogP contribution is 2.40. The summed E-state index contributed by atoms with van der Waals surface area (Å²) >= 11 is 4.51. The summed E-state index contributed by atoms with van der Waals surface area (Å²) in [5.74, 6) is 1.26. The van der Waals surface area contributed by atoms with E-state index >= 15 is 0 Å². The fourth-order valence-electron chi connectivity index (χ4n) is 2.60. The van der Waals surface area contributed by atoms with Gasteiger partial charge in [0.2, 0.25) is 0 Å². The highest BCUT2D eigenvalue weighted by atomic mass is 32.1. The summed E-state index contributed by atoms with van der Waals surface area (Å²) in [5, 5.41) is 9.53. The van der Waals surface area contributed by atoms with Crippen LogP contribution in [0.4, 0.5) is 0 Å². The van der Waals surface area contributed by atoms with Gasteiger partial charge in [0.1, 0.15) is 5.75 Å². The summed E-state index contributed by atoms with van der Waals surface area (Å²) in [5.41, 5.74) is 1.47. The standard InChI is InChI=1S/C13H18OS/c14-12-6-4-5-11(9-12)13(10-15)7-2-1-3-8-13/h4-6,9,14-15H,1-3,7-8,10H2. The van der Waals surface area contributed by atoms with Crippen LogP contribution in [0.2, 0.25) is 0 Å². The molecule has 1 aromatic carbocycles. The van der Waals surface area contributed by atoms with Crippen molar-refractivity contribution in [1.82, 2.24) is 0 Å². The van der Waals surface area contributed by atoms with E-state index in [1.165, 1.54) is 37.7 Å². The topological polar surface area (TPSA) is 20.2 Å². The molecule has 0 spiro atoms. The predicted molar refractivity (Wildman–Crippen MR) is 66.7 cm³/mol. The normalized spacial score (nSPS) is 20.1. The maximum atomic E-state index is 9.53. The minimum absolute atomic E-state index is 0.208. The van der Waals surface area contributed by atoms with E-state index in [2.05, 4.69) is 18.7 Å². The molecule has 1 aliphatic carbocycles. The van der Waals surface area contributed by atoms with Gasteiger partial charge < -0.3 is 5.11 Å². The molecule has 0 amide bonds. The number of benzene rings is 1. The molecule has 0 saturated heterocycles. The van der Waals surface area contributed by atoms with Gasteiger partial charge in [0.05, 0.1) is 0 Å². The Kier molecular flexibility index (Phi) is 3.25. The number of phenolic OH excluding ortho intramolecular Hbond substituents is 1. The average Bonchev–Trinajstić information content (AvgIpc) is 2.30. The van der Waals surface area contributed by atoms with Gasteiger partial charge in [-0.25, -0.2) is 0 Å². The minimum Gasteiger partial charge on any atom is -0.508 e. The summed E-state index contributed by atoms with van der Waals surface area (Å²) in [6, 6.07) is 7.70. The van der Waals surface area contributed by atoms with Gasteiger partial charge in [-0.05, 0) is 36.3 Å². The number of rotatable bonds is 2. The van der Waals surface area contributed by atoms with Crippen molar-refractivity contribution in [2.45, 2.75) is 37.5 Å². The molecule has 2 heteroatoms. The Morgan fingerprint density at radius 1 is 1.20 bits per heavy atom. The summed E-state index contributed by atoms with van der Waals surface area (Å²) in [7, 11) is 0. The summed E-state index contributed by atoms with van der Waals surface area (Å²) in [6.45, 7) is 0. The zero-order chi connectivity index (χ0) is 10.7. The molecule has 1 aromatic rings. The molecule has 82 valence electrons. The molecule has 0 aromatic heterocycles. The second kappa shape index (κ2) is 4.48. The summed E-state index contributed by atoms with van der Waals surface area (Å²) in [6.07, 6.45) is 6.33. The van der Waals surface area contributed by atoms with Crippen LogP contribution in [-0.4, -0.2) is 10.9 Å². The Morgan fingerprint density at radius 3 is 2.53 bits per heavy atom. The molecule has 1 aliphatic rings. The van der Waals surface area contributed by atoms with Gasteiger partial charge in [0.25, 0.3) is 0 Å². The van der Waals surface area contributed by atoms with Gasteiger partial charge in [-0.2, -0.15) is 12.6 Å². The van der Waals surface area contributed by atoms with Gasteiger partial charge in [-0.1, -0.05) is 31.4 Å². The first-order chi connectivity index (χ1) is 7.27. The molecule has 0 heterocycles. The molecule has 0 bridgehead atoms. The van der Waals surface area contributed by atoms with E-state index in [1.807, 2.05) is 12.1 Å². The fourth-order valence-corrected chi connectivity index (χ4v) is 3.10. The zero-order valence-electron chi connectivity index (χ0n) is 8.95. The van der Waals surface area contributed by atoms with Crippen molar-refractivity contribution in [2.75, 3.05) is 5.75 Å². The highest BCUT2D eigenvalue weighted by molar-refractivity contribution is 7.80. The number of thiol groups is 1. The lowest BCUT2D eigenvalue weighted by molar-refractivity contribution is 0.325. The Hall–Kier alpha value is -0.630. The average molecular weight is 222 g/mol. The van der Waals surface area contributed by atoms with E-state index in [0.29, 0.717) is 5.75 Å². The van der Waals surface area contributed by atoms with Crippen LogP contribution in [0.3, 0.4) is 0 Å². The van der Waals surface area contributed by atoms with Crippen LogP contribution >= 0.6 is 12.6 Å². The maximum absolute atomic E-state index is 9.53. The minimum atomic E-state index is 0.208. The molecule has 0 atom stereocenters. The molecule has 1 fully saturated rings. The first-order valence-electron chi connectivity index (χ1n) is 5.67. The quantitative estimate of drug-likeness (QED) is 0.734. The molecular weight excluding hydrogens is 204 g/mol. The largest absolute Gasteiger partial charge is 0.508 e. The molecule has 0 unspecified atom stereocenters. The second-order valence-corrected chi connectivity index (χ2v) is 4.87. The summed E-state index contributed by atoms with van der Waals surface area (Å²) < 4.78 is 0. The van der Waals surface area contributed by atoms with Crippen LogP contribution in [-0.2, 0) is 5.41 Å². The van der Waals surface area contributed by atoms with Crippen LogP contribution in [0.5, 0.6) is 5.75 Å². The highest BCUT2D eigenvalue weighted by Gasteiger charge is 2.32. The number of hydrogen-bond donors (Lipinski definition) is 2. The van der Waals surface area contributed by atoms with Crippen molar-refractivity contribution < 1.29 is 5.11 Å². The zero-order valence-corrected chi connectivity index (χ0v) is 9.84. The molecule has 1 saturated carbocycles. The van der Waals surface area contributed by atoms with Crippen LogP contribution in [0.15, 0.2) is 24.3 Å². The van der Waals surface area contributed by atoms with Crippen LogP contribution in [0, 0.1) is 0 Å². The van der Waals surface area contributed by atoms with Crippen molar-refractivity contribution in [2.24, 2.45) is 0 Å². The number of hydrogen-bond acceptors (Lipinski definition) is 2. The van der Waals surface area contributed by atoms with Crippen molar-refractivity contribution in [3.05, 3.63) is 29.8 Å². The molecule has 0 radical (unpaired) electrons. The second-order valence-electron chi connectivity index (χ2n) is 4.55. The number of aromatic hydroxyl groups is 1. The van der Waals surface area contributed by atoms with E-state index in [1.54, 1.807) is 6.07 Å². The maximum Gasteiger partial charge on any atom is 0.115 e. The molecule has 0 aliphatic heterocycles. The van der Waals surface area contributed by atoms with Gasteiger partial charge in [0, 0.05) is 5.41 Å². The lowest BCUT2D eigenvalue weighted by Crippen LogP contribution is -2.30. The van der Waals surface area contributed by atoms with Crippen molar-refractivity contribution in [1.29, 1.82) is 0 Å². The predicted octanol–water partition coefficient (Wildman–Crippen LogP) is 3.52. The van der Waals surface area contributed by atoms with E-state index in [0.717, 1.165) is 5.75 Å². The van der Waals surface area contributed by atoms with E-state index in [9.17, 15) is 5.11 Å². The first kappa shape index (κ1) is 10.9. The summed E-state index contributed by atoms with van der Waals surface area (Å²) in [4.78, 5) is 0. The third-order valence-electron chi connectivity index (χ3n) is 3.57. The van der Waals surface area contributed by atoms with Gasteiger partial charge in [-0.3, -0.25) is 0 Å².